The lowest BCUT2D eigenvalue weighted by atomic mass is 10.1. The molecular weight excluding hydrogens is 274 g/mol. The Kier molecular flexibility index (Phi) is 3.02. The molecule has 1 aliphatic heterocycles. The highest BCUT2D eigenvalue weighted by atomic mass is 16.5. The molecule has 1 aliphatic rings. The van der Waals surface area contributed by atoms with Gasteiger partial charge in [-0.3, -0.25) is 14.7 Å². The van der Waals surface area contributed by atoms with Gasteiger partial charge in [0.15, 0.2) is 5.82 Å². The molecule has 1 aromatic heterocycles. The predicted molar refractivity (Wildman–Crippen MR) is 72.1 cm³/mol. The molecule has 0 bridgehead atoms. The molecule has 1 N–H and O–H groups in total. The molecule has 2 heterocycles. The van der Waals surface area contributed by atoms with Crippen molar-refractivity contribution in [2.75, 3.05) is 11.5 Å². The van der Waals surface area contributed by atoms with Gasteiger partial charge in [-0.1, -0.05) is 12.1 Å². The Hall–Kier alpha value is -2.96. The lowest BCUT2D eigenvalue weighted by molar-refractivity contribution is 0.0519. The summed E-state index contributed by atoms with van der Waals surface area (Å²) >= 11 is 0. The Morgan fingerprint density at radius 2 is 1.86 bits per heavy atom. The van der Waals surface area contributed by atoms with E-state index in [4.69, 9.17) is 4.74 Å². The highest BCUT2D eigenvalue weighted by Gasteiger charge is 2.37. The second-order valence-corrected chi connectivity index (χ2v) is 4.35. The summed E-state index contributed by atoms with van der Waals surface area (Å²) in [6, 6.07) is 7.84. The van der Waals surface area contributed by atoms with E-state index in [1.54, 1.807) is 31.2 Å². The van der Waals surface area contributed by atoms with E-state index < -0.39 is 17.8 Å². The number of rotatable bonds is 3. The van der Waals surface area contributed by atoms with E-state index in [9.17, 15) is 14.4 Å². The summed E-state index contributed by atoms with van der Waals surface area (Å²) in [5.74, 6) is -1.44. The number of carbonyl (C=O) groups excluding carboxylic acids is 3. The highest BCUT2D eigenvalue weighted by molar-refractivity contribution is 6.34. The first-order valence-corrected chi connectivity index (χ1v) is 6.34. The molecule has 0 saturated heterocycles. The molecule has 0 saturated carbocycles. The number of carbonyl (C=O) groups is 3. The van der Waals surface area contributed by atoms with Crippen molar-refractivity contribution in [3.8, 4) is 0 Å². The summed E-state index contributed by atoms with van der Waals surface area (Å²) in [5.41, 5.74) is 0.731. The van der Waals surface area contributed by atoms with Crippen LogP contribution in [0.3, 0.4) is 0 Å². The van der Waals surface area contributed by atoms with Crippen molar-refractivity contribution in [1.82, 2.24) is 10.2 Å². The molecule has 7 nitrogen and oxygen atoms in total. The Labute approximate surface area is 119 Å². The first kappa shape index (κ1) is 13.0. The number of esters is 1. The van der Waals surface area contributed by atoms with Crippen LogP contribution in [0.4, 0.5) is 5.82 Å². The maximum absolute atomic E-state index is 12.2. The van der Waals surface area contributed by atoms with Crippen LogP contribution in [-0.4, -0.2) is 34.6 Å². The molecule has 2 aromatic rings. The number of nitrogens with zero attached hydrogens (tertiary/aromatic N) is 2. The summed E-state index contributed by atoms with van der Waals surface area (Å²) in [4.78, 5) is 37.0. The molecule has 0 unspecified atom stereocenters. The van der Waals surface area contributed by atoms with E-state index in [2.05, 4.69) is 10.2 Å². The quantitative estimate of drug-likeness (QED) is 0.679. The standard InChI is InChI=1S/C14H11N3O4/c1-2-21-14(20)10-7-11(16-15-10)17-12(18)8-5-3-4-6-9(8)13(17)19/h3-7H,2H2,1H3,(H,15,16). The average Bonchev–Trinajstić information content (AvgIpc) is 3.05. The molecule has 7 heteroatoms. The second kappa shape index (κ2) is 4.86. The van der Waals surface area contributed by atoms with Gasteiger partial charge in [-0.15, -0.1) is 0 Å². The molecule has 106 valence electrons. The number of ether oxygens (including phenoxy) is 1. The Morgan fingerprint density at radius 3 is 2.43 bits per heavy atom. The minimum Gasteiger partial charge on any atom is -0.461 e. The van der Waals surface area contributed by atoms with Gasteiger partial charge in [0.05, 0.1) is 17.7 Å². The van der Waals surface area contributed by atoms with Crippen molar-refractivity contribution >= 4 is 23.6 Å². The summed E-state index contributed by atoms with van der Waals surface area (Å²) in [7, 11) is 0. The Balaban J connectivity index is 1.94. The number of anilines is 1. The van der Waals surface area contributed by atoms with Gasteiger partial charge in [0, 0.05) is 6.07 Å². The lowest BCUT2D eigenvalue weighted by Gasteiger charge is -2.08. The topological polar surface area (TPSA) is 92.4 Å². The molecule has 1 aromatic carbocycles. The average molecular weight is 285 g/mol. The first-order valence-electron chi connectivity index (χ1n) is 6.34. The number of H-pyrrole nitrogens is 1. The van der Waals surface area contributed by atoms with Crippen LogP contribution < -0.4 is 4.90 Å². The number of hydrogen-bond donors (Lipinski definition) is 1. The number of aromatic nitrogens is 2. The third-order valence-corrected chi connectivity index (χ3v) is 3.08. The summed E-state index contributed by atoms with van der Waals surface area (Å²) < 4.78 is 4.82. The van der Waals surface area contributed by atoms with Crippen molar-refractivity contribution in [1.29, 1.82) is 0 Å². The van der Waals surface area contributed by atoms with E-state index >= 15 is 0 Å². The van der Waals surface area contributed by atoms with Crippen LogP contribution in [0.1, 0.15) is 38.1 Å². The largest absolute Gasteiger partial charge is 0.461 e. The fraction of sp³-hybridized carbons (Fsp3) is 0.143. The molecule has 0 atom stereocenters. The van der Waals surface area contributed by atoms with E-state index in [1.807, 2.05) is 0 Å². The smallest absolute Gasteiger partial charge is 0.356 e. The van der Waals surface area contributed by atoms with Gasteiger partial charge < -0.3 is 4.74 Å². The third-order valence-electron chi connectivity index (χ3n) is 3.08. The van der Waals surface area contributed by atoms with Gasteiger partial charge >= 0.3 is 5.97 Å². The first-order chi connectivity index (χ1) is 10.1. The normalized spacial score (nSPS) is 13.5. The van der Waals surface area contributed by atoms with Crippen LogP contribution in [0.15, 0.2) is 30.3 Å². The molecule has 0 aliphatic carbocycles. The van der Waals surface area contributed by atoms with Crippen molar-refractivity contribution in [3.63, 3.8) is 0 Å². The van der Waals surface area contributed by atoms with Crippen LogP contribution in [0.5, 0.6) is 0 Å². The zero-order chi connectivity index (χ0) is 15.0. The van der Waals surface area contributed by atoms with Crippen molar-refractivity contribution in [3.05, 3.63) is 47.2 Å². The van der Waals surface area contributed by atoms with Gasteiger partial charge in [-0.2, -0.15) is 5.10 Å². The molecule has 0 fully saturated rings. The molecule has 2 amide bonds. The Bertz CT molecular complexity index is 715. The van der Waals surface area contributed by atoms with E-state index in [-0.39, 0.29) is 18.1 Å². The van der Waals surface area contributed by atoms with Gasteiger partial charge in [-0.25, -0.2) is 9.69 Å². The fourth-order valence-corrected chi connectivity index (χ4v) is 2.14. The number of fused-ring (bicyclic) bond motifs is 1. The summed E-state index contributed by atoms with van der Waals surface area (Å²) in [6.45, 7) is 1.90. The molecule has 21 heavy (non-hydrogen) atoms. The SMILES string of the molecule is CCOC(=O)c1cc(N2C(=O)c3ccccc3C2=O)n[nH]1. The van der Waals surface area contributed by atoms with Crippen molar-refractivity contribution in [2.24, 2.45) is 0 Å². The van der Waals surface area contributed by atoms with Crippen molar-refractivity contribution in [2.45, 2.75) is 6.92 Å². The maximum Gasteiger partial charge on any atom is 0.356 e. The minimum absolute atomic E-state index is 0.0734. The molecular formula is C14H11N3O4. The minimum atomic E-state index is -0.590. The Morgan fingerprint density at radius 1 is 1.24 bits per heavy atom. The number of aromatic amines is 1. The van der Waals surface area contributed by atoms with Crippen LogP contribution in [0.2, 0.25) is 0 Å². The second-order valence-electron chi connectivity index (χ2n) is 4.35. The van der Waals surface area contributed by atoms with E-state index in [1.165, 1.54) is 6.07 Å². The third kappa shape index (κ3) is 1.99. The predicted octanol–water partition coefficient (Wildman–Crippen LogP) is 1.39. The highest BCUT2D eigenvalue weighted by Crippen LogP contribution is 2.27. The number of hydrogen-bond acceptors (Lipinski definition) is 5. The molecule has 0 spiro atoms. The zero-order valence-corrected chi connectivity index (χ0v) is 11.1. The van der Waals surface area contributed by atoms with Gasteiger partial charge in [0.25, 0.3) is 11.8 Å². The van der Waals surface area contributed by atoms with Crippen molar-refractivity contribution < 1.29 is 19.1 Å². The number of amides is 2. The molecule has 3 rings (SSSR count). The number of nitrogens with one attached hydrogen (secondary N) is 1. The monoisotopic (exact) mass is 285 g/mol. The summed E-state index contributed by atoms with van der Waals surface area (Å²) in [6.07, 6.45) is 0. The van der Waals surface area contributed by atoms with Gasteiger partial charge in [-0.05, 0) is 19.1 Å². The van der Waals surface area contributed by atoms with Gasteiger partial charge in [0.1, 0.15) is 5.69 Å². The lowest BCUT2D eigenvalue weighted by Crippen LogP contribution is -2.29. The molecule has 0 radical (unpaired) electrons. The number of imide groups is 1. The van der Waals surface area contributed by atoms with E-state index in [0.717, 1.165) is 4.90 Å². The van der Waals surface area contributed by atoms with Crippen LogP contribution in [0, 0.1) is 0 Å². The van der Waals surface area contributed by atoms with Gasteiger partial charge in [0.2, 0.25) is 0 Å². The fourth-order valence-electron chi connectivity index (χ4n) is 2.14. The summed E-state index contributed by atoms with van der Waals surface area (Å²) in [5, 5.41) is 6.31. The maximum atomic E-state index is 12.2. The van der Waals surface area contributed by atoms with Crippen LogP contribution in [-0.2, 0) is 4.74 Å². The zero-order valence-electron chi connectivity index (χ0n) is 11.1. The van der Waals surface area contributed by atoms with Crippen LogP contribution in [0.25, 0.3) is 0 Å². The van der Waals surface area contributed by atoms with Crippen LogP contribution >= 0.6 is 0 Å². The van der Waals surface area contributed by atoms with E-state index in [0.29, 0.717) is 11.1 Å². The number of benzene rings is 1.